The summed E-state index contributed by atoms with van der Waals surface area (Å²) in [6.07, 6.45) is 3.50. The number of unbranched alkanes of at least 4 members (excludes halogenated alkanes) is 1. The van der Waals surface area contributed by atoms with Crippen molar-refractivity contribution >= 4 is 23.8 Å². The van der Waals surface area contributed by atoms with Crippen molar-refractivity contribution in [3.63, 3.8) is 0 Å². The van der Waals surface area contributed by atoms with E-state index in [9.17, 15) is 0 Å². The minimum Gasteiger partial charge on any atom is -0.0812 e. The Kier molecular flexibility index (Phi) is 4.59. The highest BCUT2D eigenvalue weighted by molar-refractivity contribution is 7.47. The second-order valence-electron chi connectivity index (χ2n) is 4.36. The Labute approximate surface area is 114 Å². The quantitative estimate of drug-likeness (QED) is 0.707. The van der Waals surface area contributed by atoms with Gasteiger partial charge in [0.15, 0.2) is 0 Å². The molecule has 0 saturated carbocycles. The SMILES string of the molecule is CCCCc1ccccc1[N+](=S)c1ccccc1. The van der Waals surface area contributed by atoms with E-state index in [1.807, 2.05) is 40.3 Å². The summed E-state index contributed by atoms with van der Waals surface area (Å²) in [5, 5.41) is 0. The lowest BCUT2D eigenvalue weighted by molar-refractivity contribution is 0.792. The molecule has 2 rings (SSSR count). The van der Waals surface area contributed by atoms with Gasteiger partial charge in [-0.2, -0.15) is 0 Å². The first-order valence-corrected chi connectivity index (χ1v) is 6.79. The number of para-hydroxylation sites is 2. The molecular weight excluding hydrogens is 238 g/mol. The van der Waals surface area contributed by atoms with Crippen LogP contribution in [0.3, 0.4) is 0 Å². The fourth-order valence-corrected chi connectivity index (χ4v) is 2.29. The fourth-order valence-electron chi connectivity index (χ4n) is 1.99. The van der Waals surface area contributed by atoms with Gasteiger partial charge in [-0.3, -0.25) is 0 Å². The molecule has 0 radical (unpaired) electrons. The average Bonchev–Trinajstić information content (AvgIpc) is 2.45. The Hall–Kier alpha value is -1.54. The summed E-state index contributed by atoms with van der Waals surface area (Å²) in [4.78, 5) is 0. The second kappa shape index (κ2) is 6.41. The highest BCUT2D eigenvalue weighted by Crippen LogP contribution is 2.24. The molecule has 0 aromatic heterocycles. The number of aryl methyl sites for hydroxylation is 1. The van der Waals surface area contributed by atoms with Gasteiger partial charge in [-0.25, -0.2) is 0 Å². The summed E-state index contributed by atoms with van der Waals surface area (Å²) in [6.45, 7) is 2.21. The Morgan fingerprint density at radius 3 is 2.33 bits per heavy atom. The van der Waals surface area contributed by atoms with Crippen LogP contribution in [0.25, 0.3) is 0 Å². The lowest BCUT2D eigenvalue weighted by Crippen LogP contribution is -2.02. The van der Waals surface area contributed by atoms with Crippen molar-refractivity contribution in [2.75, 3.05) is 0 Å². The van der Waals surface area contributed by atoms with Crippen molar-refractivity contribution in [1.82, 2.24) is 3.95 Å². The molecule has 0 bridgehead atoms. The van der Waals surface area contributed by atoms with Gasteiger partial charge >= 0.3 is 0 Å². The molecule has 0 atom stereocenters. The van der Waals surface area contributed by atoms with Gasteiger partial charge in [0.25, 0.3) is 12.4 Å². The zero-order valence-electron chi connectivity index (χ0n) is 10.7. The second-order valence-corrected chi connectivity index (χ2v) is 4.73. The Morgan fingerprint density at radius 2 is 1.61 bits per heavy atom. The number of rotatable bonds is 5. The van der Waals surface area contributed by atoms with Crippen LogP contribution in [-0.4, -0.2) is 0 Å². The normalized spacial score (nSPS) is 10.3. The highest BCUT2D eigenvalue weighted by Gasteiger charge is 2.16. The molecule has 2 aromatic rings. The first kappa shape index (κ1) is 12.9. The van der Waals surface area contributed by atoms with E-state index in [2.05, 4.69) is 25.1 Å². The molecule has 0 aliphatic rings. The Balaban J connectivity index is 2.30. The van der Waals surface area contributed by atoms with E-state index >= 15 is 0 Å². The van der Waals surface area contributed by atoms with Gasteiger partial charge in [0.2, 0.25) is 11.4 Å². The molecular formula is C16H18NS+. The Morgan fingerprint density at radius 1 is 0.944 bits per heavy atom. The van der Waals surface area contributed by atoms with Crippen molar-refractivity contribution < 1.29 is 0 Å². The van der Waals surface area contributed by atoms with Gasteiger partial charge in [-0.1, -0.05) is 53.7 Å². The highest BCUT2D eigenvalue weighted by atomic mass is 32.1. The van der Waals surface area contributed by atoms with E-state index in [-0.39, 0.29) is 0 Å². The molecule has 0 amide bonds. The zero-order chi connectivity index (χ0) is 12.8. The molecule has 1 nitrogen and oxygen atoms in total. The van der Waals surface area contributed by atoms with Gasteiger partial charge < -0.3 is 0 Å². The van der Waals surface area contributed by atoms with Crippen LogP contribution in [0.4, 0.5) is 11.4 Å². The molecule has 18 heavy (non-hydrogen) atoms. The summed E-state index contributed by atoms with van der Waals surface area (Å²) in [6, 6.07) is 18.5. The van der Waals surface area contributed by atoms with Crippen LogP contribution in [0.1, 0.15) is 25.3 Å². The topological polar surface area (TPSA) is 3.01 Å². The molecule has 0 unspecified atom stereocenters. The molecule has 0 saturated heterocycles. The van der Waals surface area contributed by atoms with Crippen LogP contribution in [-0.2, 0) is 18.8 Å². The monoisotopic (exact) mass is 256 g/mol. The maximum Gasteiger partial charge on any atom is 0.277 e. The average molecular weight is 256 g/mol. The van der Waals surface area contributed by atoms with E-state index in [0.29, 0.717) is 0 Å². The van der Waals surface area contributed by atoms with Crippen molar-refractivity contribution in [2.45, 2.75) is 26.2 Å². The van der Waals surface area contributed by atoms with Crippen molar-refractivity contribution in [2.24, 2.45) is 0 Å². The molecule has 0 spiro atoms. The van der Waals surface area contributed by atoms with E-state index in [4.69, 9.17) is 12.4 Å². The number of hydrogen-bond donors (Lipinski definition) is 0. The molecule has 92 valence electrons. The first-order valence-electron chi connectivity index (χ1n) is 6.43. The minimum atomic E-state index is 1.05. The standard InChI is InChI=1S/C16H18NS/c1-2-3-9-14-10-7-8-13-16(14)17(18)15-11-5-4-6-12-15/h4-8,10-13H,2-3,9H2,1H3/q+1. The van der Waals surface area contributed by atoms with Crippen LogP contribution in [0, 0.1) is 0 Å². The lowest BCUT2D eigenvalue weighted by atomic mass is 10.1. The third-order valence-electron chi connectivity index (χ3n) is 3.00. The number of benzene rings is 2. The van der Waals surface area contributed by atoms with E-state index in [0.717, 1.165) is 17.8 Å². The molecule has 0 aliphatic carbocycles. The summed E-state index contributed by atoms with van der Waals surface area (Å²) >= 11 is 5.54. The van der Waals surface area contributed by atoms with E-state index in [1.165, 1.54) is 18.4 Å². The van der Waals surface area contributed by atoms with E-state index in [1.54, 1.807) is 0 Å². The zero-order valence-corrected chi connectivity index (χ0v) is 11.5. The van der Waals surface area contributed by atoms with Gasteiger partial charge in [-0.05, 0) is 12.8 Å². The third kappa shape index (κ3) is 3.02. The third-order valence-corrected chi connectivity index (χ3v) is 3.41. The molecule has 0 aliphatic heterocycles. The maximum absolute atomic E-state index is 5.54. The van der Waals surface area contributed by atoms with Gasteiger partial charge in [-0.15, -0.1) is 0 Å². The van der Waals surface area contributed by atoms with Crippen LogP contribution in [0.15, 0.2) is 54.6 Å². The van der Waals surface area contributed by atoms with E-state index < -0.39 is 0 Å². The first-order chi connectivity index (χ1) is 8.83. The van der Waals surface area contributed by atoms with Gasteiger partial charge in [0.1, 0.15) is 0 Å². The molecule has 0 N–H and O–H groups in total. The summed E-state index contributed by atoms with van der Waals surface area (Å²) in [5.74, 6) is 0. The number of nitrogens with zero attached hydrogens (tertiary/aromatic N) is 1. The summed E-state index contributed by atoms with van der Waals surface area (Å²) in [5.41, 5.74) is 3.52. The van der Waals surface area contributed by atoms with Crippen LogP contribution < -0.4 is 3.95 Å². The summed E-state index contributed by atoms with van der Waals surface area (Å²) in [7, 11) is 0. The fraction of sp³-hybridized carbons (Fsp3) is 0.250. The smallest absolute Gasteiger partial charge is 0.0812 e. The predicted molar refractivity (Wildman–Crippen MR) is 80.3 cm³/mol. The molecule has 2 aromatic carbocycles. The molecule has 0 heterocycles. The van der Waals surface area contributed by atoms with Crippen LogP contribution in [0.2, 0.25) is 0 Å². The van der Waals surface area contributed by atoms with Gasteiger partial charge in [0.05, 0.1) is 0 Å². The van der Waals surface area contributed by atoms with Gasteiger partial charge in [0, 0.05) is 23.8 Å². The van der Waals surface area contributed by atoms with Crippen molar-refractivity contribution in [1.29, 1.82) is 0 Å². The summed E-state index contributed by atoms with van der Waals surface area (Å²) < 4.78 is 1.85. The lowest BCUT2D eigenvalue weighted by Gasteiger charge is -2.04. The maximum atomic E-state index is 5.54. The van der Waals surface area contributed by atoms with Crippen LogP contribution in [0.5, 0.6) is 0 Å². The Bertz CT molecular complexity index is 520. The minimum absolute atomic E-state index is 1.05. The number of hydrogen-bond acceptors (Lipinski definition) is 1. The van der Waals surface area contributed by atoms with Crippen molar-refractivity contribution in [3.8, 4) is 0 Å². The largest absolute Gasteiger partial charge is 0.277 e. The van der Waals surface area contributed by atoms with Crippen LogP contribution >= 0.6 is 0 Å². The molecule has 0 fully saturated rings. The predicted octanol–water partition coefficient (Wildman–Crippen LogP) is 4.59. The van der Waals surface area contributed by atoms with Crippen molar-refractivity contribution in [3.05, 3.63) is 60.2 Å². The molecule has 2 heteroatoms.